The van der Waals surface area contributed by atoms with Crippen molar-refractivity contribution in [3.63, 3.8) is 0 Å². The summed E-state index contributed by atoms with van der Waals surface area (Å²) in [5.74, 6) is 0.133. The normalized spacial score (nSPS) is 12.1. The van der Waals surface area contributed by atoms with Gasteiger partial charge in [0, 0.05) is 28.5 Å². The second-order valence-electron chi connectivity index (χ2n) is 7.97. The lowest BCUT2D eigenvalue weighted by Gasteiger charge is -2.14. The van der Waals surface area contributed by atoms with Crippen molar-refractivity contribution in [2.75, 3.05) is 12.1 Å². The number of ketones is 1. The fourth-order valence-electron chi connectivity index (χ4n) is 3.82. The zero-order valence-electron chi connectivity index (χ0n) is 18.1. The molecular weight excluding hydrogens is 456 g/mol. The number of carbonyl (C=O) groups is 2. The highest BCUT2D eigenvalue weighted by molar-refractivity contribution is 6.30. The topological polar surface area (TPSA) is 86.6 Å². The molecule has 34 heavy (non-hydrogen) atoms. The van der Waals surface area contributed by atoms with E-state index in [1.807, 2.05) is 19.1 Å². The van der Waals surface area contributed by atoms with Crippen LogP contribution >= 0.6 is 11.6 Å². The first kappa shape index (κ1) is 21.7. The molecule has 5 rings (SSSR count). The molecule has 0 saturated carbocycles. The fourth-order valence-corrected chi connectivity index (χ4v) is 3.95. The van der Waals surface area contributed by atoms with E-state index in [9.17, 15) is 14.4 Å². The minimum atomic E-state index is -0.437. The Bertz CT molecular complexity index is 1490. The van der Waals surface area contributed by atoms with Crippen LogP contribution in [0.3, 0.4) is 0 Å². The number of hydrogen-bond donors (Lipinski definition) is 1. The van der Waals surface area contributed by atoms with Crippen molar-refractivity contribution in [2.45, 2.75) is 13.5 Å². The molecule has 7 nitrogen and oxygen atoms in total. The highest BCUT2D eigenvalue weighted by Crippen LogP contribution is 2.35. The molecule has 2 heterocycles. The molecule has 1 aliphatic rings. The van der Waals surface area contributed by atoms with Crippen LogP contribution in [0.25, 0.3) is 10.9 Å². The van der Waals surface area contributed by atoms with Crippen LogP contribution in [0.2, 0.25) is 5.02 Å². The molecule has 1 aromatic heterocycles. The zero-order valence-corrected chi connectivity index (χ0v) is 18.9. The summed E-state index contributed by atoms with van der Waals surface area (Å²) in [7, 11) is 0. The summed E-state index contributed by atoms with van der Waals surface area (Å²) in [6.07, 6.45) is 1.43. The molecule has 0 unspecified atom stereocenters. The molecule has 170 valence electrons. The molecule has 8 heteroatoms. The number of rotatable bonds is 5. The monoisotopic (exact) mass is 474 g/mol. The van der Waals surface area contributed by atoms with Crippen molar-refractivity contribution in [2.24, 2.45) is 0 Å². The molecular formula is C26H19ClN2O5. The van der Waals surface area contributed by atoms with Crippen molar-refractivity contribution in [1.29, 1.82) is 0 Å². The molecule has 1 N–H and O–H groups in total. The maximum absolute atomic E-state index is 13.3. The Balaban J connectivity index is 1.58. The lowest BCUT2D eigenvalue weighted by Crippen LogP contribution is -2.24. The molecule has 0 saturated heterocycles. The molecule has 0 atom stereocenters. The third-order valence-corrected chi connectivity index (χ3v) is 5.83. The number of nitrogens with zero attached hydrogens (tertiary/aromatic N) is 1. The Labute approximate surface area is 199 Å². The number of aryl methyl sites for hydroxylation is 1. The third-order valence-electron chi connectivity index (χ3n) is 5.57. The number of amides is 1. The number of anilines is 1. The largest absolute Gasteiger partial charge is 0.454 e. The molecule has 0 aliphatic carbocycles. The van der Waals surface area contributed by atoms with E-state index in [4.69, 9.17) is 21.1 Å². The molecule has 0 radical (unpaired) electrons. The first-order valence-electron chi connectivity index (χ1n) is 10.5. The van der Waals surface area contributed by atoms with Crippen LogP contribution in [0.1, 0.15) is 21.5 Å². The summed E-state index contributed by atoms with van der Waals surface area (Å²) in [4.78, 5) is 39.4. The van der Waals surface area contributed by atoms with Gasteiger partial charge in [0.15, 0.2) is 17.3 Å². The summed E-state index contributed by atoms with van der Waals surface area (Å²) in [5.41, 5.74) is 1.95. The van der Waals surface area contributed by atoms with Crippen molar-refractivity contribution >= 4 is 39.9 Å². The van der Waals surface area contributed by atoms with Crippen molar-refractivity contribution in [1.82, 2.24) is 4.57 Å². The van der Waals surface area contributed by atoms with Crippen molar-refractivity contribution < 1.29 is 19.1 Å². The van der Waals surface area contributed by atoms with Gasteiger partial charge in [-0.1, -0.05) is 41.4 Å². The minimum absolute atomic E-state index is 0.0329. The Kier molecular flexibility index (Phi) is 5.55. The summed E-state index contributed by atoms with van der Waals surface area (Å²) in [6, 6.07) is 16.9. The van der Waals surface area contributed by atoms with Crippen LogP contribution in [0.4, 0.5) is 5.69 Å². The van der Waals surface area contributed by atoms with Gasteiger partial charge in [0.25, 0.3) is 0 Å². The third kappa shape index (κ3) is 4.13. The SMILES string of the molecule is Cc1ccc(C(=O)c2cn(CC(=O)Nc3ccc(Cl)cc3)c3cc4c(cc3c2=O)OCO4)cc1. The molecule has 1 aliphatic heterocycles. The van der Waals surface area contributed by atoms with Crippen LogP contribution in [0, 0.1) is 6.92 Å². The predicted octanol–water partition coefficient (Wildman–Crippen LogP) is 4.56. The summed E-state index contributed by atoms with van der Waals surface area (Å²) in [6.45, 7) is 1.82. The molecule has 4 aromatic rings. The highest BCUT2D eigenvalue weighted by atomic mass is 35.5. The van der Waals surface area contributed by atoms with Crippen LogP contribution in [-0.2, 0) is 11.3 Å². The van der Waals surface area contributed by atoms with Crippen LogP contribution < -0.4 is 20.2 Å². The maximum Gasteiger partial charge on any atom is 0.244 e. The van der Waals surface area contributed by atoms with E-state index in [0.29, 0.717) is 33.3 Å². The number of pyridine rings is 1. The number of carbonyl (C=O) groups excluding carboxylic acids is 2. The number of benzene rings is 3. The molecule has 1 amide bonds. The number of hydrogen-bond acceptors (Lipinski definition) is 5. The zero-order chi connectivity index (χ0) is 23.8. The van der Waals surface area contributed by atoms with E-state index in [2.05, 4.69) is 5.32 Å². The van der Waals surface area contributed by atoms with E-state index in [1.54, 1.807) is 53.1 Å². The number of halogens is 1. The standard InChI is InChI=1S/C26H19ClN2O5/c1-15-2-4-16(5-3-15)25(31)20-12-29(13-24(30)28-18-8-6-17(27)7-9-18)21-11-23-22(33-14-34-23)10-19(21)26(20)32/h2-12H,13-14H2,1H3,(H,28,30). The van der Waals surface area contributed by atoms with Gasteiger partial charge in [-0.2, -0.15) is 0 Å². The van der Waals surface area contributed by atoms with E-state index in [0.717, 1.165) is 5.56 Å². The average Bonchev–Trinajstić information content (AvgIpc) is 3.29. The van der Waals surface area contributed by atoms with Crippen LogP contribution in [0.5, 0.6) is 11.5 Å². The van der Waals surface area contributed by atoms with E-state index >= 15 is 0 Å². The molecule has 0 fully saturated rings. The number of fused-ring (bicyclic) bond motifs is 2. The second-order valence-corrected chi connectivity index (χ2v) is 8.41. The first-order valence-corrected chi connectivity index (χ1v) is 10.9. The Hall–Kier alpha value is -4.10. The van der Waals surface area contributed by atoms with Gasteiger partial charge in [0.1, 0.15) is 6.54 Å². The summed E-state index contributed by atoms with van der Waals surface area (Å²) in [5, 5.41) is 3.62. The van der Waals surface area contributed by atoms with Crippen molar-refractivity contribution in [3.8, 4) is 11.5 Å². The van der Waals surface area contributed by atoms with Crippen molar-refractivity contribution in [3.05, 3.63) is 98.8 Å². The fraction of sp³-hybridized carbons (Fsp3) is 0.115. The van der Waals surface area contributed by atoms with Gasteiger partial charge in [-0.15, -0.1) is 0 Å². The maximum atomic E-state index is 13.3. The number of ether oxygens (including phenoxy) is 2. The van der Waals surface area contributed by atoms with E-state index < -0.39 is 11.2 Å². The van der Waals surface area contributed by atoms with Crippen LogP contribution in [-0.4, -0.2) is 23.1 Å². The second kappa shape index (κ2) is 8.68. The van der Waals surface area contributed by atoms with Crippen LogP contribution in [0.15, 0.2) is 71.7 Å². The van der Waals surface area contributed by atoms with Gasteiger partial charge >= 0.3 is 0 Å². The Morgan fingerprint density at radius 2 is 1.68 bits per heavy atom. The summed E-state index contributed by atoms with van der Waals surface area (Å²) >= 11 is 5.91. The quantitative estimate of drug-likeness (QED) is 0.428. The Morgan fingerprint density at radius 1 is 1.00 bits per heavy atom. The summed E-state index contributed by atoms with van der Waals surface area (Å²) < 4.78 is 12.5. The number of aromatic nitrogens is 1. The lowest BCUT2D eigenvalue weighted by molar-refractivity contribution is -0.116. The first-order chi connectivity index (χ1) is 16.4. The van der Waals surface area contributed by atoms with Gasteiger partial charge in [0.2, 0.25) is 18.1 Å². The molecule has 0 bridgehead atoms. The van der Waals surface area contributed by atoms with E-state index in [-0.39, 0.29) is 30.2 Å². The van der Waals surface area contributed by atoms with Gasteiger partial charge < -0.3 is 19.4 Å². The molecule has 3 aromatic carbocycles. The molecule has 0 spiro atoms. The number of nitrogens with one attached hydrogen (secondary N) is 1. The van der Waals surface area contributed by atoms with Gasteiger partial charge in [-0.05, 0) is 37.3 Å². The minimum Gasteiger partial charge on any atom is -0.454 e. The Morgan fingerprint density at radius 3 is 2.38 bits per heavy atom. The predicted molar refractivity (Wildman–Crippen MR) is 129 cm³/mol. The van der Waals surface area contributed by atoms with Gasteiger partial charge in [0.05, 0.1) is 16.5 Å². The lowest BCUT2D eigenvalue weighted by atomic mass is 10.0. The average molecular weight is 475 g/mol. The van der Waals surface area contributed by atoms with E-state index in [1.165, 1.54) is 6.20 Å². The highest BCUT2D eigenvalue weighted by Gasteiger charge is 2.22. The van der Waals surface area contributed by atoms with Gasteiger partial charge in [-0.3, -0.25) is 14.4 Å². The smallest absolute Gasteiger partial charge is 0.244 e. The van der Waals surface area contributed by atoms with Gasteiger partial charge in [-0.25, -0.2) is 0 Å².